The Balaban J connectivity index is 0.00000162. The van der Waals surface area contributed by atoms with Crippen molar-refractivity contribution in [2.45, 2.75) is 18.8 Å². The second-order valence-corrected chi connectivity index (χ2v) is 4.04. The molecule has 6 heteroatoms. The highest BCUT2D eigenvalue weighted by atomic mass is 35.5. The van der Waals surface area contributed by atoms with E-state index in [1.165, 1.54) is 0 Å². The van der Waals surface area contributed by atoms with E-state index in [2.05, 4.69) is 10.6 Å². The Morgan fingerprint density at radius 3 is 2.72 bits per heavy atom. The number of amides is 1. The predicted octanol–water partition coefficient (Wildman–Crippen LogP) is 0.667. The molecular formula is C12H17ClN2O3. The van der Waals surface area contributed by atoms with Crippen LogP contribution in [0.2, 0.25) is 0 Å². The minimum Gasteiger partial charge on any atom is -0.445 e. The van der Waals surface area contributed by atoms with Gasteiger partial charge in [-0.05, 0) is 5.56 Å². The van der Waals surface area contributed by atoms with Crippen molar-refractivity contribution in [1.82, 2.24) is 10.6 Å². The summed E-state index contributed by atoms with van der Waals surface area (Å²) in [7, 11) is 0. The van der Waals surface area contributed by atoms with Crippen molar-refractivity contribution < 1.29 is 14.6 Å². The number of nitrogens with one attached hydrogen (secondary N) is 2. The van der Waals surface area contributed by atoms with Gasteiger partial charge in [0, 0.05) is 13.1 Å². The van der Waals surface area contributed by atoms with Crippen LogP contribution in [-0.4, -0.2) is 36.4 Å². The molecule has 0 aliphatic carbocycles. The van der Waals surface area contributed by atoms with E-state index in [0.29, 0.717) is 13.1 Å². The van der Waals surface area contributed by atoms with Crippen molar-refractivity contribution in [2.75, 3.05) is 13.1 Å². The van der Waals surface area contributed by atoms with Gasteiger partial charge in [0.15, 0.2) is 0 Å². The third-order valence-corrected chi connectivity index (χ3v) is 2.70. The molecule has 2 atom stereocenters. The Morgan fingerprint density at radius 2 is 2.11 bits per heavy atom. The van der Waals surface area contributed by atoms with E-state index in [1.807, 2.05) is 30.3 Å². The van der Waals surface area contributed by atoms with Crippen LogP contribution in [0.4, 0.5) is 4.79 Å². The van der Waals surface area contributed by atoms with Crippen LogP contribution in [0, 0.1) is 0 Å². The number of aliphatic hydroxyl groups is 1. The largest absolute Gasteiger partial charge is 0.445 e. The van der Waals surface area contributed by atoms with Gasteiger partial charge in [-0.2, -0.15) is 0 Å². The maximum absolute atomic E-state index is 11.4. The van der Waals surface area contributed by atoms with E-state index in [4.69, 9.17) is 4.74 Å². The maximum Gasteiger partial charge on any atom is 0.407 e. The summed E-state index contributed by atoms with van der Waals surface area (Å²) in [4.78, 5) is 11.4. The van der Waals surface area contributed by atoms with E-state index in [-0.39, 0.29) is 25.1 Å². The number of halogens is 1. The fourth-order valence-corrected chi connectivity index (χ4v) is 1.73. The number of hydrogen-bond donors (Lipinski definition) is 3. The highest BCUT2D eigenvalue weighted by molar-refractivity contribution is 5.85. The Labute approximate surface area is 112 Å². The third kappa shape index (κ3) is 4.18. The fourth-order valence-electron chi connectivity index (χ4n) is 1.73. The predicted molar refractivity (Wildman–Crippen MR) is 69.7 cm³/mol. The lowest BCUT2D eigenvalue weighted by molar-refractivity contribution is 0.118. The summed E-state index contributed by atoms with van der Waals surface area (Å²) in [5, 5.41) is 15.1. The Hall–Kier alpha value is -1.30. The summed E-state index contributed by atoms with van der Waals surface area (Å²) in [5.41, 5.74) is 0.938. The van der Waals surface area contributed by atoms with Crippen molar-refractivity contribution in [3.05, 3.63) is 35.9 Å². The zero-order valence-electron chi connectivity index (χ0n) is 9.83. The van der Waals surface area contributed by atoms with Gasteiger partial charge in [0.05, 0.1) is 12.1 Å². The Morgan fingerprint density at radius 1 is 1.39 bits per heavy atom. The first kappa shape index (κ1) is 14.8. The molecular weight excluding hydrogens is 256 g/mol. The molecule has 2 rings (SSSR count). The van der Waals surface area contributed by atoms with Gasteiger partial charge in [-0.3, -0.25) is 0 Å². The molecule has 0 aromatic heterocycles. The van der Waals surface area contributed by atoms with Crippen molar-refractivity contribution in [2.24, 2.45) is 0 Å². The number of benzene rings is 1. The average Bonchev–Trinajstić information content (AvgIpc) is 2.74. The normalized spacial score (nSPS) is 22.1. The summed E-state index contributed by atoms with van der Waals surface area (Å²) in [6.45, 7) is 1.31. The second kappa shape index (κ2) is 7.20. The lowest BCUT2D eigenvalue weighted by Crippen LogP contribution is -2.42. The van der Waals surface area contributed by atoms with Gasteiger partial charge < -0.3 is 20.5 Å². The summed E-state index contributed by atoms with van der Waals surface area (Å²) in [6.07, 6.45) is -1.04. The lowest BCUT2D eigenvalue weighted by atomic mass is 10.2. The van der Waals surface area contributed by atoms with E-state index in [0.717, 1.165) is 5.56 Å². The van der Waals surface area contributed by atoms with Gasteiger partial charge in [-0.15, -0.1) is 12.4 Å². The summed E-state index contributed by atoms with van der Waals surface area (Å²) in [5.74, 6) is 0. The number of rotatable bonds is 3. The topological polar surface area (TPSA) is 70.6 Å². The summed E-state index contributed by atoms with van der Waals surface area (Å²) < 4.78 is 5.05. The van der Waals surface area contributed by atoms with Crippen LogP contribution in [0.3, 0.4) is 0 Å². The zero-order valence-corrected chi connectivity index (χ0v) is 10.7. The van der Waals surface area contributed by atoms with Crippen LogP contribution in [0.1, 0.15) is 5.56 Å². The number of aliphatic hydroxyl groups excluding tert-OH is 1. The van der Waals surface area contributed by atoms with E-state index in [1.54, 1.807) is 0 Å². The van der Waals surface area contributed by atoms with Crippen LogP contribution in [0.25, 0.3) is 0 Å². The molecule has 1 aliphatic heterocycles. The SMILES string of the molecule is Cl.O=C(NC1CNCC1O)OCc1ccccc1. The molecule has 5 nitrogen and oxygen atoms in total. The quantitative estimate of drug-likeness (QED) is 0.756. The molecule has 2 unspecified atom stereocenters. The van der Waals surface area contributed by atoms with E-state index < -0.39 is 12.2 Å². The minimum atomic E-state index is -0.542. The Bertz CT molecular complexity index is 375. The lowest BCUT2D eigenvalue weighted by Gasteiger charge is -2.15. The molecule has 3 N–H and O–H groups in total. The molecule has 1 fully saturated rings. The molecule has 1 aromatic rings. The van der Waals surface area contributed by atoms with Gasteiger partial charge in [0.25, 0.3) is 0 Å². The first-order valence-corrected chi connectivity index (χ1v) is 5.61. The molecule has 0 spiro atoms. The van der Waals surface area contributed by atoms with Gasteiger partial charge in [-0.25, -0.2) is 4.79 Å². The molecule has 1 saturated heterocycles. The van der Waals surface area contributed by atoms with Crippen LogP contribution < -0.4 is 10.6 Å². The molecule has 0 bridgehead atoms. The molecule has 1 aliphatic rings. The molecule has 0 radical (unpaired) electrons. The number of hydrogen-bond acceptors (Lipinski definition) is 4. The van der Waals surface area contributed by atoms with Crippen LogP contribution >= 0.6 is 12.4 Å². The highest BCUT2D eigenvalue weighted by Crippen LogP contribution is 2.02. The third-order valence-electron chi connectivity index (χ3n) is 2.70. The summed E-state index contributed by atoms with van der Waals surface area (Å²) in [6, 6.07) is 9.20. The molecule has 18 heavy (non-hydrogen) atoms. The number of ether oxygens (including phenoxy) is 1. The Kier molecular flexibility index (Phi) is 5.91. The summed E-state index contributed by atoms with van der Waals surface area (Å²) >= 11 is 0. The standard InChI is InChI=1S/C12H16N2O3.ClH/c15-11-7-13-6-10(11)14-12(16)17-8-9-4-2-1-3-5-9;/h1-5,10-11,13,15H,6-8H2,(H,14,16);1H. The van der Waals surface area contributed by atoms with Crippen molar-refractivity contribution in [1.29, 1.82) is 0 Å². The van der Waals surface area contributed by atoms with Gasteiger partial charge in [0.1, 0.15) is 6.61 Å². The van der Waals surface area contributed by atoms with Crippen molar-refractivity contribution in [3.63, 3.8) is 0 Å². The zero-order chi connectivity index (χ0) is 12.1. The fraction of sp³-hybridized carbons (Fsp3) is 0.417. The van der Waals surface area contributed by atoms with Crippen LogP contribution in [-0.2, 0) is 11.3 Å². The van der Waals surface area contributed by atoms with Crippen LogP contribution in [0.5, 0.6) is 0 Å². The monoisotopic (exact) mass is 272 g/mol. The van der Waals surface area contributed by atoms with Gasteiger partial charge in [0.2, 0.25) is 0 Å². The average molecular weight is 273 g/mol. The second-order valence-electron chi connectivity index (χ2n) is 4.04. The van der Waals surface area contributed by atoms with E-state index >= 15 is 0 Å². The van der Waals surface area contributed by atoms with Crippen molar-refractivity contribution >= 4 is 18.5 Å². The highest BCUT2D eigenvalue weighted by Gasteiger charge is 2.26. The number of alkyl carbamates (subject to hydrolysis) is 1. The number of β-amino-alcohol motifs (C(OH)–C–C–N with tert-alkyl or cyclic N) is 1. The van der Waals surface area contributed by atoms with Gasteiger partial charge >= 0.3 is 6.09 Å². The molecule has 1 heterocycles. The maximum atomic E-state index is 11.4. The van der Waals surface area contributed by atoms with Crippen molar-refractivity contribution in [3.8, 4) is 0 Å². The first-order chi connectivity index (χ1) is 8.25. The van der Waals surface area contributed by atoms with E-state index in [9.17, 15) is 9.90 Å². The first-order valence-electron chi connectivity index (χ1n) is 5.61. The molecule has 0 saturated carbocycles. The minimum absolute atomic E-state index is 0. The molecule has 1 aromatic carbocycles. The van der Waals surface area contributed by atoms with Crippen LogP contribution in [0.15, 0.2) is 30.3 Å². The molecule has 1 amide bonds. The number of carbonyl (C=O) groups is 1. The molecule has 100 valence electrons. The number of carbonyl (C=O) groups excluding carboxylic acids is 1. The van der Waals surface area contributed by atoms with Gasteiger partial charge in [-0.1, -0.05) is 30.3 Å². The smallest absolute Gasteiger partial charge is 0.407 e.